The topological polar surface area (TPSA) is 54.2 Å². The maximum Gasteiger partial charge on any atom is 0.192 e. The van der Waals surface area contributed by atoms with Crippen LogP contribution in [-0.2, 0) is 13.1 Å². The van der Waals surface area contributed by atoms with Crippen molar-refractivity contribution in [1.29, 1.82) is 0 Å². The zero-order valence-electron chi connectivity index (χ0n) is 17.3. The van der Waals surface area contributed by atoms with E-state index in [1.54, 1.807) is 0 Å². The third-order valence-electron chi connectivity index (χ3n) is 4.73. The Morgan fingerprint density at radius 2 is 1.83 bits per heavy atom. The van der Waals surface area contributed by atoms with Gasteiger partial charge in [-0.1, -0.05) is 54.6 Å². The maximum atomic E-state index is 4.76. The highest BCUT2D eigenvalue weighted by atomic mass is 127. The highest BCUT2D eigenvalue weighted by molar-refractivity contribution is 14.0. The second-order valence-corrected chi connectivity index (χ2v) is 6.87. The molecule has 0 fully saturated rings. The Morgan fingerprint density at radius 3 is 2.55 bits per heavy atom. The quantitative estimate of drug-likeness (QED) is 0.280. The van der Waals surface area contributed by atoms with Gasteiger partial charge < -0.3 is 15.2 Å². The number of hydrogen-bond acceptors (Lipinski definition) is 2. The van der Waals surface area contributed by atoms with Crippen molar-refractivity contribution < 1.29 is 0 Å². The molecule has 0 saturated heterocycles. The lowest BCUT2D eigenvalue weighted by atomic mass is 10.0. The standard InChI is InChI=1S/C23H29N5.HI/c1-4-24-23(27-19(3)21-13-9-8-10-18(21)2)26-16-22-25-14-15-28(22)17-20-11-6-5-7-12-20;/h5-15,19H,4,16-17H2,1-3H3,(H2,24,26,27);1H. The molecule has 5 nitrogen and oxygen atoms in total. The molecule has 0 aliphatic rings. The third-order valence-corrected chi connectivity index (χ3v) is 4.73. The number of imidazole rings is 1. The summed E-state index contributed by atoms with van der Waals surface area (Å²) < 4.78 is 2.15. The zero-order chi connectivity index (χ0) is 19.8. The van der Waals surface area contributed by atoms with Gasteiger partial charge in [0.15, 0.2) is 5.96 Å². The molecule has 0 bridgehead atoms. The van der Waals surface area contributed by atoms with E-state index in [2.05, 4.69) is 89.5 Å². The molecular formula is C23H30IN5. The van der Waals surface area contributed by atoms with Crippen molar-refractivity contribution in [2.24, 2.45) is 4.99 Å². The lowest BCUT2D eigenvalue weighted by Crippen LogP contribution is -2.39. The summed E-state index contributed by atoms with van der Waals surface area (Å²) in [6, 6.07) is 19.0. The maximum absolute atomic E-state index is 4.76. The average molecular weight is 503 g/mol. The third kappa shape index (κ3) is 6.59. The van der Waals surface area contributed by atoms with Gasteiger partial charge in [0.2, 0.25) is 0 Å². The molecule has 6 heteroatoms. The number of aliphatic imine (C=N–C) groups is 1. The van der Waals surface area contributed by atoms with Gasteiger partial charge >= 0.3 is 0 Å². The van der Waals surface area contributed by atoms with Gasteiger partial charge in [-0.2, -0.15) is 0 Å². The summed E-state index contributed by atoms with van der Waals surface area (Å²) >= 11 is 0. The predicted octanol–water partition coefficient (Wildman–Crippen LogP) is 4.67. The molecule has 0 amide bonds. The Balaban J connectivity index is 0.00000300. The summed E-state index contributed by atoms with van der Waals surface area (Å²) in [5, 5.41) is 6.84. The van der Waals surface area contributed by atoms with Crippen molar-refractivity contribution in [3.63, 3.8) is 0 Å². The number of nitrogens with zero attached hydrogens (tertiary/aromatic N) is 3. The Bertz CT molecular complexity index is 904. The van der Waals surface area contributed by atoms with Crippen molar-refractivity contribution in [2.75, 3.05) is 6.54 Å². The van der Waals surface area contributed by atoms with E-state index in [9.17, 15) is 0 Å². The van der Waals surface area contributed by atoms with Crippen molar-refractivity contribution >= 4 is 29.9 Å². The number of rotatable bonds is 7. The second kappa shape index (κ2) is 11.6. The van der Waals surface area contributed by atoms with Gasteiger partial charge in [-0.15, -0.1) is 24.0 Å². The van der Waals surface area contributed by atoms with Crippen molar-refractivity contribution in [2.45, 2.75) is 39.9 Å². The number of aromatic nitrogens is 2. The molecular weight excluding hydrogens is 473 g/mol. The minimum atomic E-state index is 0. The van der Waals surface area contributed by atoms with Crippen molar-refractivity contribution in [3.8, 4) is 0 Å². The lowest BCUT2D eigenvalue weighted by molar-refractivity contribution is 0.674. The highest BCUT2D eigenvalue weighted by Gasteiger charge is 2.10. The number of halogens is 1. The Morgan fingerprint density at radius 1 is 1.10 bits per heavy atom. The van der Waals surface area contributed by atoms with E-state index in [4.69, 9.17) is 4.99 Å². The first-order chi connectivity index (χ1) is 13.7. The molecule has 0 aliphatic heterocycles. The Hall–Kier alpha value is -2.35. The Labute approximate surface area is 190 Å². The van der Waals surface area contributed by atoms with E-state index in [0.29, 0.717) is 6.54 Å². The molecule has 0 saturated carbocycles. The van der Waals surface area contributed by atoms with Gasteiger partial charge in [0.25, 0.3) is 0 Å². The molecule has 1 aromatic heterocycles. The normalized spacial score (nSPS) is 12.2. The Kier molecular flexibility index (Phi) is 9.18. The average Bonchev–Trinajstić information content (AvgIpc) is 3.14. The summed E-state index contributed by atoms with van der Waals surface area (Å²) in [5.74, 6) is 1.75. The van der Waals surface area contributed by atoms with E-state index in [1.165, 1.54) is 16.7 Å². The lowest BCUT2D eigenvalue weighted by Gasteiger charge is -2.19. The fourth-order valence-corrected chi connectivity index (χ4v) is 3.24. The van der Waals surface area contributed by atoms with Gasteiger partial charge in [0, 0.05) is 25.5 Å². The van der Waals surface area contributed by atoms with Gasteiger partial charge in [-0.25, -0.2) is 9.98 Å². The van der Waals surface area contributed by atoms with Crippen LogP contribution in [0.5, 0.6) is 0 Å². The van der Waals surface area contributed by atoms with Crippen LogP contribution < -0.4 is 10.6 Å². The molecule has 3 aromatic rings. The van der Waals surface area contributed by atoms with Crippen molar-refractivity contribution in [1.82, 2.24) is 20.2 Å². The fraction of sp³-hybridized carbons (Fsp3) is 0.304. The predicted molar refractivity (Wildman–Crippen MR) is 131 cm³/mol. The van der Waals surface area contributed by atoms with Gasteiger partial charge in [-0.05, 0) is 37.5 Å². The number of benzene rings is 2. The first kappa shape index (κ1) is 22.9. The summed E-state index contributed by atoms with van der Waals surface area (Å²) in [6.45, 7) is 8.51. The minimum Gasteiger partial charge on any atom is -0.357 e. The van der Waals surface area contributed by atoms with E-state index in [0.717, 1.165) is 24.9 Å². The van der Waals surface area contributed by atoms with Gasteiger partial charge in [0.1, 0.15) is 12.4 Å². The fourth-order valence-electron chi connectivity index (χ4n) is 3.24. The van der Waals surface area contributed by atoms with Crippen LogP contribution in [0.15, 0.2) is 72.0 Å². The molecule has 0 aliphatic carbocycles. The number of aryl methyl sites for hydroxylation is 1. The van der Waals surface area contributed by atoms with Crippen LogP contribution in [0.3, 0.4) is 0 Å². The number of guanidine groups is 1. The van der Waals surface area contributed by atoms with Crippen LogP contribution in [-0.4, -0.2) is 22.1 Å². The van der Waals surface area contributed by atoms with Crippen molar-refractivity contribution in [3.05, 3.63) is 89.5 Å². The molecule has 2 aromatic carbocycles. The van der Waals surface area contributed by atoms with E-state index < -0.39 is 0 Å². The minimum absolute atomic E-state index is 0. The monoisotopic (exact) mass is 503 g/mol. The molecule has 29 heavy (non-hydrogen) atoms. The molecule has 2 N–H and O–H groups in total. The van der Waals surface area contributed by atoms with Crippen LogP contribution in [0, 0.1) is 6.92 Å². The van der Waals surface area contributed by atoms with E-state index >= 15 is 0 Å². The van der Waals surface area contributed by atoms with Crippen LogP contribution in [0.2, 0.25) is 0 Å². The molecule has 1 unspecified atom stereocenters. The number of hydrogen-bond donors (Lipinski definition) is 2. The van der Waals surface area contributed by atoms with E-state index in [-0.39, 0.29) is 30.0 Å². The largest absolute Gasteiger partial charge is 0.357 e. The number of nitrogens with one attached hydrogen (secondary N) is 2. The first-order valence-electron chi connectivity index (χ1n) is 9.81. The highest BCUT2D eigenvalue weighted by Crippen LogP contribution is 2.16. The summed E-state index contributed by atoms with van der Waals surface area (Å²) in [5.41, 5.74) is 3.80. The van der Waals surface area contributed by atoms with Crippen LogP contribution in [0.1, 0.15) is 42.4 Å². The zero-order valence-corrected chi connectivity index (χ0v) is 19.6. The summed E-state index contributed by atoms with van der Waals surface area (Å²) in [4.78, 5) is 9.26. The molecule has 1 heterocycles. The smallest absolute Gasteiger partial charge is 0.192 e. The summed E-state index contributed by atoms with van der Waals surface area (Å²) in [7, 11) is 0. The van der Waals surface area contributed by atoms with E-state index in [1.807, 2.05) is 18.5 Å². The van der Waals surface area contributed by atoms with Crippen LogP contribution >= 0.6 is 24.0 Å². The van der Waals surface area contributed by atoms with Gasteiger partial charge in [0.05, 0.1) is 6.04 Å². The summed E-state index contributed by atoms with van der Waals surface area (Å²) in [6.07, 6.45) is 3.85. The molecule has 1 atom stereocenters. The first-order valence-corrected chi connectivity index (χ1v) is 9.81. The second-order valence-electron chi connectivity index (χ2n) is 6.87. The molecule has 154 valence electrons. The van der Waals surface area contributed by atoms with Crippen LogP contribution in [0.4, 0.5) is 0 Å². The van der Waals surface area contributed by atoms with Gasteiger partial charge in [-0.3, -0.25) is 0 Å². The molecule has 3 rings (SSSR count). The molecule has 0 spiro atoms. The van der Waals surface area contributed by atoms with Crippen LogP contribution in [0.25, 0.3) is 0 Å². The SMILES string of the molecule is CCNC(=NCc1nccn1Cc1ccccc1)NC(C)c1ccccc1C.I. The molecule has 0 radical (unpaired) electrons.